The highest BCUT2D eigenvalue weighted by Crippen LogP contribution is 2.44. The maximum absolute atomic E-state index is 13.4. The number of carbonyl (C=O) groups is 3. The summed E-state index contributed by atoms with van der Waals surface area (Å²) in [5.74, 6) is -1.03. The van der Waals surface area contributed by atoms with Gasteiger partial charge in [0.05, 0.1) is 6.17 Å². The minimum absolute atomic E-state index is 0.108. The van der Waals surface area contributed by atoms with Crippen LogP contribution in [0.2, 0.25) is 0 Å². The van der Waals surface area contributed by atoms with E-state index in [-0.39, 0.29) is 18.9 Å². The normalized spacial score (nSPS) is 14.0. The second kappa shape index (κ2) is 13.8. The Kier molecular flexibility index (Phi) is 9.49. The van der Waals surface area contributed by atoms with E-state index in [1.165, 1.54) is 0 Å². The van der Waals surface area contributed by atoms with Crippen molar-refractivity contribution in [3.05, 3.63) is 131 Å². The van der Waals surface area contributed by atoms with E-state index in [0.717, 1.165) is 33.4 Å². The van der Waals surface area contributed by atoms with Crippen molar-refractivity contribution in [2.24, 2.45) is 5.73 Å². The van der Waals surface area contributed by atoms with Gasteiger partial charge in [0.25, 0.3) is 0 Å². The van der Waals surface area contributed by atoms with Crippen molar-refractivity contribution in [1.82, 2.24) is 16.0 Å². The molecule has 0 heterocycles. The number of fused-ring (bicyclic) bond motifs is 3. The van der Waals surface area contributed by atoms with Crippen molar-refractivity contribution < 1.29 is 19.1 Å². The van der Waals surface area contributed by atoms with Crippen LogP contribution in [0.3, 0.4) is 0 Å². The molecule has 8 nitrogen and oxygen atoms in total. The van der Waals surface area contributed by atoms with E-state index in [1.54, 1.807) is 6.92 Å². The van der Waals surface area contributed by atoms with E-state index >= 15 is 0 Å². The summed E-state index contributed by atoms with van der Waals surface area (Å²) < 4.78 is 5.69. The predicted octanol–water partition coefficient (Wildman–Crippen LogP) is 4.28. The van der Waals surface area contributed by atoms with Crippen molar-refractivity contribution in [1.29, 1.82) is 0 Å². The van der Waals surface area contributed by atoms with E-state index < -0.39 is 36.2 Å². The largest absolute Gasteiger partial charge is 0.449 e. The average Bonchev–Trinajstić information content (AvgIpc) is 3.34. The molecule has 4 aromatic rings. The van der Waals surface area contributed by atoms with Crippen LogP contribution in [0.5, 0.6) is 0 Å². The summed E-state index contributed by atoms with van der Waals surface area (Å²) in [6, 6.07) is 33.3. The molecule has 0 fully saturated rings. The molecule has 3 atom stereocenters. The van der Waals surface area contributed by atoms with Crippen LogP contribution >= 0.6 is 0 Å². The lowest BCUT2D eigenvalue weighted by atomic mass is 9.98. The van der Waals surface area contributed by atoms with Crippen LogP contribution < -0.4 is 21.7 Å². The smallest absolute Gasteiger partial charge is 0.407 e. The number of amides is 3. The molecular formula is C35H36N4O4. The molecule has 0 saturated heterocycles. The predicted molar refractivity (Wildman–Crippen MR) is 166 cm³/mol. The lowest BCUT2D eigenvalue weighted by Crippen LogP contribution is -2.55. The molecule has 5 N–H and O–H groups in total. The van der Waals surface area contributed by atoms with E-state index in [2.05, 4.69) is 28.1 Å². The molecule has 1 aliphatic rings. The van der Waals surface area contributed by atoms with E-state index in [0.29, 0.717) is 6.42 Å². The molecule has 0 aliphatic heterocycles. The molecule has 8 heteroatoms. The lowest BCUT2D eigenvalue weighted by Gasteiger charge is -2.23. The Morgan fingerprint density at radius 3 is 1.77 bits per heavy atom. The quantitative estimate of drug-likeness (QED) is 0.199. The maximum atomic E-state index is 13.4. The second-order valence-corrected chi connectivity index (χ2v) is 10.7. The summed E-state index contributed by atoms with van der Waals surface area (Å²) in [7, 11) is 0. The number of rotatable bonds is 11. The molecule has 0 saturated carbocycles. The zero-order chi connectivity index (χ0) is 30.2. The number of alkyl carbamates (subject to hydrolysis) is 1. The van der Waals surface area contributed by atoms with Crippen molar-refractivity contribution in [2.75, 3.05) is 6.61 Å². The van der Waals surface area contributed by atoms with Gasteiger partial charge in [0.2, 0.25) is 11.8 Å². The first kappa shape index (κ1) is 29.5. The molecule has 3 amide bonds. The van der Waals surface area contributed by atoms with Crippen LogP contribution in [0.15, 0.2) is 109 Å². The molecule has 0 spiro atoms. The van der Waals surface area contributed by atoms with Crippen molar-refractivity contribution in [3.63, 3.8) is 0 Å². The molecule has 0 aromatic heterocycles. The molecule has 1 aliphatic carbocycles. The monoisotopic (exact) mass is 576 g/mol. The van der Waals surface area contributed by atoms with Crippen molar-refractivity contribution >= 4 is 17.9 Å². The van der Waals surface area contributed by atoms with Gasteiger partial charge in [0.1, 0.15) is 18.7 Å². The molecule has 43 heavy (non-hydrogen) atoms. The van der Waals surface area contributed by atoms with Crippen molar-refractivity contribution in [3.8, 4) is 11.1 Å². The molecule has 0 unspecified atom stereocenters. The average molecular weight is 577 g/mol. The minimum Gasteiger partial charge on any atom is -0.449 e. The van der Waals surface area contributed by atoms with Crippen LogP contribution in [-0.4, -0.2) is 42.8 Å². The number of nitrogens with one attached hydrogen (secondary N) is 3. The second-order valence-electron chi connectivity index (χ2n) is 10.7. The van der Waals surface area contributed by atoms with Crippen LogP contribution in [0.4, 0.5) is 4.79 Å². The first-order valence-electron chi connectivity index (χ1n) is 14.4. The lowest BCUT2D eigenvalue weighted by molar-refractivity contribution is -0.129. The highest BCUT2D eigenvalue weighted by Gasteiger charge is 2.30. The maximum Gasteiger partial charge on any atom is 0.407 e. The SMILES string of the molecule is C[C@H](NC(=O)[C@H](Cc1ccccc1)NC(=O)OCC1c2ccccc2-c2ccccc21)C(=O)N[C@@H](N)Cc1ccccc1. The van der Waals surface area contributed by atoms with Gasteiger partial charge in [-0.3, -0.25) is 9.59 Å². The standard InChI is InChI=1S/C35H36N4O4/c1-23(33(40)39-32(36)21-25-14-6-3-7-15-25)37-34(41)31(20-24-12-4-2-5-13-24)38-35(42)43-22-30-28-18-10-8-16-26(28)27-17-9-11-19-29(27)30/h2-19,23,30-32H,20-22,36H2,1H3,(H,37,41)(H,38,42)(H,39,40)/t23-,31-,32+/m0/s1. The molecule has 4 aromatic carbocycles. The van der Waals surface area contributed by atoms with Gasteiger partial charge in [0.15, 0.2) is 0 Å². The Morgan fingerprint density at radius 1 is 0.674 bits per heavy atom. The first-order valence-corrected chi connectivity index (χ1v) is 14.4. The highest BCUT2D eigenvalue weighted by molar-refractivity contribution is 5.91. The Balaban J connectivity index is 1.21. The van der Waals surface area contributed by atoms with E-state index in [9.17, 15) is 14.4 Å². The number of nitrogens with two attached hydrogens (primary N) is 1. The van der Waals surface area contributed by atoms with Crippen LogP contribution in [0, 0.1) is 0 Å². The zero-order valence-corrected chi connectivity index (χ0v) is 24.0. The van der Waals surface area contributed by atoms with Gasteiger partial charge in [-0.1, -0.05) is 109 Å². The summed E-state index contributed by atoms with van der Waals surface area (Å²) in [6.45, 7) is 1.70. The number of ether oxygens (including phenoxy) is 1. The van der Waals surface area contributed by atoms with Gasteiger partial charge in [-0.2, -0.15) is 0 Å². The summed E-state index contributed by atoms with van der Waals surface area (Å²) >= 11 is 0. The topological polar surface area (TPSA) is 123 Å². The van der Waals surface area contributed by atoms with Gasteiger partial charge >= 0.3 is 6.09 Å². The summed E-state index contributed by atoms with van der Waals surface area (Å²) in [5.41, 5.74) is 12.4. The summed E-state index contributed by atoms with van der Waals surface area (Å²) in [4.78, 5) is 39.2. The number of carbonyl (C=O) groups excluding carboxylic acids is 3. The molecule has 0 radical (unpaired) electrons. The van der Waals surface area contributed by atoms with Gasteiger partial charge in [-0.15, -0.1) is 0 Å². The van der Waals surface area contributed by atoms with Gasteiger partial charge < -0.3 is 26.4 Å². The molecule has 0 bridgehead atoms. The van der Waals surface area contributed by atoms with Crippen molar-refractivity contribution in [2.45, 2.75) is 43.9 Å². The Hall–Kier alpha value is -4.95. The Morgan fingerprint density at radius 2 is 1.19 bits per heavy atom. The van der Waals surface area contributed by atoms with Gasteiger partial charge in [-0.25, -0.2) is 4.79 Å². The van der Waals surface area contributed by atoms with Crippen LogP contribution in [0.25, 0.3) is 11.1 Å². The fraction of sp³-hybridized carbons (Fsp3) is 0.229. The fourth-order valence-corrected chi connectivity index (χ4v) is 5.45. The number of hydrogen-bond acceptors (Lipinski definition) is 5. The minimum atomic E-state index is -0.966. The summed E-state index contributed by atoms with van der Waals surface area (Å²) in [6.07, 6.45) is -0.653. The summed E-state index contributed by atoms with van der Waals surface area (Å²) in [5, 5.41) is 8.19. The van der Waals surface area contributed by atoms with Gasteiger partial charge in [0, 0.05) is 18.8 Å². The van der Waals surface area contributed by atoms with Gasteiger partial charge in [-0.05, 0) is 40.3 Å². The Labute approximate surface area is 251 Å². The first-order chi connectivity index (χ1) is 20.9. The Bertz CT molecular complexity index is 1520. The molecular weight excluding hydrogens is 540 g/mol. The fourth-order valence-electron chi connectivity index (χ4n) is 5.45. The van der Waals surface area contributed by atoms with Crippen LogP contribution in [-0.2, 0) is 27.2 Å². The third-order valence-corrected chi connectivity index (χ3v) is 7.61. The number of benzene rings is 4. The molecule has 220 valence electrons. The van der Waals surface area contributed by atoms with Crippen LogP contribution in [0.1, 0.15) is 35.1 Å². The van der Waals surface area contributed by atoms with E-state index in [1.807, 2.05) is 97.1 Å². The number of hydrogen-bond donors (Lipinski definition) is 4. The molecule has 5 rings (SSSR count). The zero-order valence-electron chi connectivity index (χ0n) is 24.0. The third-order valence-electron chi connectivity index (χ3n) is 7.61. The van der Waals surface area contributed by atoms with E-state index in [4.69, 9.17) is 10.5 Å². The third kappa shape index (κ3) is 7.47. The highest BCUT2D eigenvalue weighted by atomic mass is 16.5.